The van der Waals surface area contributed by atoms with Crippen LogP contribution in [0.25, 0.3) is 0 Å². The van der Waals surface area contributed by atoms with Gasteiger partial charge in [-0.25, -0.2) is 19.6 Å². The second-order valence-corrected chi connectivity index (χ2v) is 9.12. The summed E-state index contributed by atoms with van der Waals surface area (Å²) in [5, 5.41) is 0. The second-order valence-electron chi connectivity index (χ2n) is 9.12. The van der Waals surface area contributed by atoms with Gasteiger partial charge in [-0.1, -0.05) is 27.7 Å². The normalized spacial score (nSPS) is 15.6. The van der Waals surface area contributed by atoms with Crippen molar-refractivity contribution in [2.45, 2.75) is 99.6 Å². The second kappa shape index (κ2) is 7.91. The summed E-state index contributed by atoms with van der Waals surface area (Å²) in [6.07, 6.45) is 1.28. The molecule has 0 radical (unpaired) electrons. The highest BCUT2D eigenvalue weighted by molar-refractivity contribution is 4.67. The summed E-state index contributed by atoms with van der Waals surface area (Å²) >= 11 is 0. The molecule has 0 heterocycles. The fourth-order valence-electron chi connectivity index (χ4n) is 1.95. The molecular weight excluding hydrogens is 268 g/mol. The van der Waals surface area contributed by atoms with Crippen LogP contribution in [0.5, 0.6) is 0 Å². The third kappa shape index (κ3) is 14.5. The lowest BCUT2D eigenvalue weighted by atomic mass is 9.84. The molecule has 0 aliphatic rings. The molecular formula is C17H36O4. The van der Waals surface area contributed by atoms with E-state index in [9.17, 15) is 0 Å². The van der Waals surface area contributed by atoms with E-state index < -0.39 is 6.29 Å². The molecule has 21 heavy (non-hydrogen) atoms. The molecule has 1 atom stereocenters. The lowest BCUT2D eigenvalue weighted by Crippen LogP contribution is -2.31. The Labute approximate surface area is 131 Å². The van der Waals surface area contributed by atoms with Crippen LogP contribution in [-0.4, -0.2) is 17.5 Å². The first-order chi connectivity index (χ1) is 9.18. The van der Waals surface area contributed by atoms with E-state index in [0.29, 0.717) is 5.92 Å². The molecule has 0 spiro atoms. The maximum absolute atomic E-state index is 5.44. The number of hydrogen-bond acceptors (Lipinski definition) is 4. The maximum Gasteiger partial charge on any atom is 0.224 e. The molecule has 0 fully saturated rings. The van der Waals surface area contributed by atoms with Crippen molar-refractivity contribution in [1.82, 2.24) is 0 Å². The Morgan fingerprint density at radius 2 is 1.10 bits per heavy atom. The standard InChI is InChI=1S/C17H36O4/c1-13(12-15(2,3)4)11-14(18-20-16(5,6)7)19-21-17(8,9)10/h13-14H,11-12H2,1-10H3. The summed E-state index contributed by atoms with van der Waals surface area (Å²) in [6.45, 7) is 20.5. The van der Waals surface area contributed by atoms with Gasteiger partial charge in [0.2, 0.25) is 6.29 Å². The minimum atomic E-state index is -0.527. The van der Waals surface area contributed by atoms with Crippen molar-refractivity contribution < 1.29 is 19.6 Å². The Kier molecular flexibility index (Phi) is 7.85. The van der Waals surface area contributed by atoms with Crippen LogP contribution in [0.1, 0.15) is 82.1 Å². The molecule has 0 aliphatic carbocycles. The topological polar surface area (TPSA) is 36.9 Å². The van der Waals surface area contributed by atoms with Crippen LogP contribution in [0.3, 0.4) is 0 Å². The molecule has 4 nitrogen and oxygen atoms in total. The minimum Gasteiger partial charge on any atom is -0.228 e. The summed E-state index contributed by atoms with van der Waals surface area (Å²) in [5.74, 6) is 0.446. The molecule has 0 saturated heterocycles. The van der Waals surface area contributed by atoms with Gasteiger partial charge in [0.25, 0.3) is 0 Å². The molecule has 0 N–H and O–H groups in total. The van der Waals surface area contributed by atoms with E-state index in [-0.39, 0.29) is 16.6 Å². The maximum atomic E-state index is 5.44. The Balaban J connectivity index is 4.49. The highest BCUT2D eigenvalue weighted by Gasteiger charge is 2.25. The highest BCUT2D eigenvalue weighted by atomic mass is 17.3. The molecule has 4 heteroatoms. The molecule has 0 bridgehead atoms. The molecule has 0 aliphatic heterocycles. The van der Waals surface area contributed by atoms with Gasteiger partial charge in [0.15, 0.2) is 0 Å². The number of hydrogen-bond donors (Lipinski definition) is 0. The van der Waals surface area contributed by atoms with Crippen molar-refractivity contribution in [3.8, 4) is 0 Å². The van der Waals surface area contributed by atoms with Crippen molar-refractivity contribution in [3.05, 3.63) is 0 Å². The first-order valence-corrected chi connectivity index (χ1v) is 7.87. The van der Waals surface area contributed by atoms with E-state index in [1.54, 1.807) is 0 Å². The van der Waals surface area contributed by atoms with Crippen LogP contribution < -0.4 is 0 Å². The number of rotatable bonds is 7. The van der Waals surface area contributed by atoms with Gasteiger partial charge in [-0.2, -0.15) is 0 Å². The third-order valence-corrected chi connectivity index (χ3v) is 2.37. The van der Waals surface area contributed by atoms with Gasteiger partial charge in [-0.3, -0.25) is 0 Å². The van der Waals surface area contributed by atoms with E-state index in [0.717, 1.165) is 12.8 Å². The predicted molar refractivity (Wildman–Crippen MR) is 85.5 cm³/mol. The third-order valence-electron chi connectivity index (χ3n) is 2.37. The lowest BCUT2D eigenvalue weighted by molar-refractivity contribution is -0.499. The van der Waals surface area contributed by atoms with Gasteiger partial charge in [0, 0.05) is 6.42 Å². The van der Waals surface area contributed by atoms with Crippen LogP contribution in [-0.2, 0) is 19.6 Å². The molecule has 0 aromatic rings. The lowest BCUT2D eigenvalue weighted by Gasteiger charge is -2.29. The van der Waals surface area contributed by atoms with Crippen LogP contribution in [0.4, 0.5) is 0 Å². The van der Waals surface area contributed by atoms with Crippen molar-refractivity contribution in [3.63, 3.8) is 0 Å². The van der Waals surface area contributed by atoms with Gasteiger partial charge in [-0.05, 0) is 59.3 Å². The largest absolute Gasteiger partial charge is 0.228 e. The van der Waals surface area contributed by atoms with E-state index in [1.165, 1.54) is 0 Å². The fraction of sp³-hybridized carbons (Fsp3) is 1.00. The highest BCUT2D eigenvalue weighted by Crippen LogP contribution is 2.28. The van der Waals surface area contributed by atoms with E-state index >= 15 is 0 Å². The Hall–Kier alpha value is -0.160. The van der Waals surface area contributed by atoms with Crippen molar-refractivity contribution in [2.24, 2.45) is 11.3 Å². The van der Waals surface area contributed by atoms with Crippen LogP contribution in [0.15, 0.2) is 0 Å². The van der Waals surface area contributed by atoms with Crippen LogP contribution in [0.2, 0.25) is 0 Å². The SMILES string of the molecule is CC(CC(OOC(C)(C)C)OOC(C)(C)C)CC(C)(C)C. The van der Waals surface area contributed by atoms with Gasteiger partial charge < -0.3 is 0 Å². The molecule has 1 unspecified atom stereocenters. The van der Waals surface area contributed by atoms with Gasteiger partial charge in [-0.15, -0.1) is 0 Å². The molecule has 128 valence electrons. The van der Waals surface area contributed by atoms with Gasteiger partial charge in [0.1, 0.15) is 0 Å². The predicted octanol–water partition coefficient (Wildman–Crippen LogP) is 5.27. The first-order valence-electron chi connectivity index (χ1n) is 7.87. The zero-order chi connectivity index (χ0) is 16.9. The Morgan fingerprint density at radius 1 is 0.714 bits per heavy atom. The summed E-state index contributed by atoms with van der Waals surface area (Å²) in [7, 11) is 0. The van der Waals surface area contributed by atoms with Crippen molar-refractivity contribution in [2.75, 3.05) is 0 Å². The van der Waals surface area contributed by atoms with E-state index in [1.807, 2.05) is 41.5 Å². The average molecular weight is 304 g/mol. The quantitative estimate of drug-likeness (QED) is 0.365. The molecule has 0 aromatic carbocycles. The van der Waals surface area contributed by atoms with Gasteiger partial charge in [0.05, 0.1) is 11.2 Å². The smallest absolute Gasteiger partial charge is 0.224 e. The minimum absolute atomic E-state index is 0.278. The summed E-state index contributed by atoms with van der Waals surface area (Å²) in [6, 6.07) is 0. The van der Waals surface area contributed by atoms with Crippen LogP contribution >= 0.6 is 0 Å². The van der Waals surface area contributed by atoms with Gasteiger partial charge >= 0.3 is 0 Å². The zero-order valence-corrected chi connectivity index (χ0v) is 15.7. The Morgan fingerprint density at radius 3 is 1.38 bits per heavy atom. The fourth-order valence-corrected chi connectivity index (χ4v) is 1.95. The summed E-state index contributed by atoms with van der Waals surface area (Å²) < 4.78 is 0. The monoisotopic (exact) mass is 304 g/mol. The molecule has 0 aromatic heterocycles. The average Bonchev–Trinajstić information content (AvgIpc) is 2.16. The zero-order valence-electron chi connectivity index (χ0n) is 15.7. The summed E-state index contributed by atoms with van der Waals surface area (Å²) in [4.78, 5) is 21.6. The van der Waals surface area contributed by atoms with Crippen LogP contribution in [0, 0.1) is 11.3 Å². The van der Waals surface area contributed by atoms with E-state index in [2.05, 4.69) is 27.7 Å². The van der Waals surface area contributed by atoms with E-state index in [4.69, 9.17) is 19.6 Å². The van der Waals surface area contributed by atoms with Crippen molar-refractivity contribution >= 4 is 0 Å². The molecule has 0 rings (SSSR count). The summed E-state index contributed by atoms with van der Waals surface area (Å²) in [5.41, 5.74) is -0.479. The Bertz CT molecular complexity index is 263. The van der Waals surface area contributed by atoms with Crippen molar-refractivity contribution in [1.29, 1.82) is 0 Å². The molecule has 0 amide bonds. The first kappa shape index (κ1) is 20.8. The molecule has 0 saturated carbocycles.